The largest absolute Gasteiger partial charge is 0.487 e. The van der Waals surface area contributed by atoms with Crippen molar-refractivity contribution in [2.45, 2.75) is 32.9 Å². The Balaban J connectivity index is 1.57. The molecule has 33 heavy (non-hydrogen) atoms. The highest BCUT2D eigenvalue weighted by atomic mass is 19.3. The summed E-state index contributed by atoms with van der Waals surface area (Å²) in [4.78, 5) is 17.2. The molecule has 0 aliphatic heterocycles. The van der Waals surface area contributed by atoms with Crippen LogP contribution in [0, 0.1) is 12.7 Å². The normalized spacial score (nSPS) is 11.5. The lowest BCUT2D eigenvalue weighted by Crippen LogP contribution is -2.26. The average molecular weight is 454 g/mol. The maximum atomic E-state index is 14.3. The van der Waals surface area contributed by atoms with Crippen LogP contribution in [0.1, 0.15) is 39.8 Å². The lowest BCUT2D eigenvalue weighted by molar-refractivity contribution is 0.0160. The van der Waals surface area contributed by atoms with E-state index in [-0.39, 0.29) is 17.7 Å². The number of hydrogen-bond donors (Lipinski definition) is 1. The SMILES string of the molecule is Cc1nn2ccc(OCc3ccccn3)cc2c1C(=O)NCc1c(F)cccc1C(C)(F)F. The van der Waals surface area contributed by atoms with Crippen molar-refractivity contribution < 1.29 is 22.7 Å². The van der Waals surface area contributed by atoms with Crippen molar-refractivity contribution in [2.24, 2.45) is 0 Å². The number of nitrogens with one attached hydrogen (secondary N) is 1. The number of amides is 1. The van der Waals surface area contributed by atoms with Gasteiger partial charge in [-0.3, -0.25) is 9.78 Å². The molecular weight excluding hydrogens is 433 g/mol. The molecule has 4 rings (SSSR count). The summed E-state index contributed by atoms with van der Waals surface area (Å²) >= 11 is 0. The third-order valence-electron chi connectivity index (χ3n) is 5.14. The predicted molar refractivity (Wildman–Crippen MR) is 116 cm³/mol. The highest BCUT2D eigenvalue weighted by molar-refractivity contribution is 6.02. The maximum Gasteiger partial charge on any atom is 0.270 e. The number of benzene rings is 1. The first-order valence-electron chi connectivity index (χ1n) is 10.2. The lowest BCUT2D eigenvalue weighted by atomic mass is 10.0. The zero-order chi connectivity index (χ0) is 23.6. The quantitative estimate of drug-likeness (QED) is 0.436. The molecule has 0 aliphatic rings. The molecule has 6 nitrogen and oxygen atoms in total. The monoisotopic (exact) mass is 454 g/mol. The molecule has 1 N–H and O–H groups in total. The Bertz CT molecular complexity index is 1300. The van der Waals surface area contributed by atoms with E-state index < -0.39 is 29.8 Å². The molecule has 1 aromatic carbocycles. The summed E-state index contributed by atoms with van der Waals surface area (Å²) in [5.41, 5.74) is 1.17. The van der Waals surface area contributed by atoms with Crippen molar-refractivity contribution in [1.29, 1.82) is 0 Å². The molecule has 3 heterocycles. The summed E-state index contributed by atoms with van der Waals surface area (Å²) in [7, 11) is 0. The van der Waals surface area contributed by atoms with E-state index in [0.29, 0.717) is 23.9 Å². The topological polar surface area (TPSA) is 68.5 Å². The average Bonchev–Trinajstić information content (AvgIpc) is 3.11. The van der Waals surface area contributed by atoms with Crippen LogP contribution in [0.4, 0.5) is 13.2 Å². The Labute approximate surface area is 188 Å². The first kappa shape index (κ1) is 22.3. The molecule has 0 saturated heterocycles. The third-order valence-corrected chi connectivity index (χ3v) is 5.14. The molecule has 0 fully saturated rings. The number of fused-ring (bicyclic) bond motifs is 1. The number of carbonyl (C=O) groups excluding carboxylic acids is 1. The summed E-state index contributed by atoms with van der Waals surface area (Å²) in [6, 6.07) is 12.3. The van der Waals surface area contributed by atoms with Gasteiger partial charge in [-0.05, 0) is 31.2 Å². The molecule has 3 aromatic heterocycles. The van der Waals surface area contributed by atoms with Gasteiger partial charge in [-0.1, -0.05) is 18.2 Å². The Morgan fingerprint density at radius 1 is 1.18 bits per heavy atom. The second-order valence-electron chi connectivity index (χ2n) is 7.60. The van der Waals surface area contributed by atoms with E-state index in [2.05, 4.69) is 15.4 Å². The van der Waals surface area contributed by atoms with Gasteiger partial charge in [0.1, 0.15) is 18.2 Å². The summed E-state index contributed by atoms with van der Waals surface area (Å²) < 4.78 is 49.3. The van der Waals surface area contributed by atoms with E-state index in [4.69, 9.17) is 4.74 Å². The fraction of sp³-hybridized carbons (Fsp3) is 0.208. The van der Waals surface area contributed by atoms with Gasteiger partial charge in [0.05, 0.1) is 22.5 Å². The number of hydrogen-bond acceptors (Lipinski definition) is 4. The number of aryl methyl sites for hydroxylation is 1. The molecular formula is C24H21F3N4O2. The smallest absolute Gasteiger partial charge is 0.270 e. The first-order chi connectivity index (χ1) is 15.7. The number of pyridine rings is 2. The first-order valence-corrected chi connectivity index (χ1v) is 10.2. The van der Waals surface area contributed by atoms with Gasteiger partial charge in [0, 0.05) is 43.1 Å². The van der Waals surface area contributed by atoms with Crippen molar-refractivity contribution >= 4 is 11.4 Å². The standard InChI is InChI=1S/C24H21F3N4O2/c1-15-22(23(32)29-13-18-19(24(2,26)27)7-5-8-20(18)25)21-12-17(9-11-31(21)30-15)33-14-16-6-3-4-10-28-16/h3-12H,13-14H2,1-2H3,(H,29,32). The van der Waals surface area contributed by atoms with Crippen LogP contribution in [-0.4, -0.2) is 20.5 Å². The van der Waals surface area contributed by atoms with Gasteiger partial charge in [-0.15, -0.1) is 0 Å². The minimum atomic E-state index is -3.25. The molecule has 0 aliphatic carbocycles. The number of alkyl halides is 2. The highest BCUT2D eigenvalue weighted by Gasteiger charge is 2.29. The fourth-order valence-electron chi connectivity index (χ4n) is 3.56. The van der Waals surface area contributed by atoms with Crippen LogP contribution in [-0.2, 0) is 19.1 Å². The molecule has 4 aromatic rings. The van der Waals surface area contributed by atoms with Gasteiger partial charge in [0.15, 0.2) is 0 Å². The van der Waals surface area contributed by atoms with Crippen molar-refractivity contribution in [3.05, 3.63) is 94.8 Å². The second-order valence-corrected chi connectivity index (χ2v) is 7.60. The van der Waals surface area contributed by atoms with E-state index in [9.17, 15) is 18.0 Å². The molecule has 0 bridgehead atoms. The summed E-state index contributed by atoms with van der Waals surface area (Å²) in [6.45, 7) is 2.20. The maximum absolute atomic E-state index is 14.3. The fourth-order valence-corrected chi connectivity index (χ4v) is 3.56. The van der Waals surface area contributed by atoms with Gasteiger partial charge in [-0.2, -0.15) is 5.10 Å². The number of rotatable bonds is 7. The zero-order valence-corrected chi connectivity index (χ0v) is 18.0. The van der Waals surface area contributed by atoms with Crippen molar-refractivity contribution in [2.75, 3.05) is 0 Å². The van der Waals surface area contributed by atoms with E-state index in [0.717, 1.165) is 17.8 Å². The van der Waals surface area contributed by atoms with Crippen molar-refractivity contribution in [3.63, 3.8) is 0 Å². The predicted octanol–water partition coefficient (Wildman–Crippen LogP) is 4.80. The number of carbonyl (C=O) groups is 1. The van der Waals surface area contributed by atoms with Gasteiger partial charge >= 0.3 is 0 Å². The minimum absolute atomic E-state index is 0.243. The van der Waals surface area contributed by atoms with Gasteiger partial charge < -0.3 is 10.1 Å². The Hall–Kier alpha value is -3.88. The summed E-state index contributed by atoms with van der Waals surface area (Å²) in [6.07, 6.45) is 3.32. The molecule has 170 valence electrons. The minimum Gasteiger partial charge on any atom is -0.487 e. The number of ether oxygens (including phenoxy) is 1. The summed E-state index contributed by atoms with van der Waals surface area (Å²) in [5, 5.41) is 6.87. The van der Waals surface area contributed by atoms with Crippen LogP contribution in [0.3, 0.4) is 0 Å². The number of aromatic nitrogens is 3. The molecule has 0 saturated carbocycles. The molecule has 9 heteroatoms. The summed E-state index contributed by atoms with van der Waals surface area (Å²) in [5.74, 6) is -4.11. The number of halogens is 3. The van der Waals surface area contributed by atoms with Crippen LogP contribution in [0.15, 0.2) is 60.9 Å². The molecule has 0 atom stereocenters. The molecule has 1 amide bonds. The highest BCUT2D eigenvalue weighted by Crippen LogP contribution is 2.31. The zero-order valence-electron chi connectivity index (χ0n) is 18.0. The van der Waals surface area contributed by atoms with Gasteiger partial charge in [0.25, 0.3) is 11.8 Å². The second kappa shape index (κ2) is 8.93. The van der Waals surface area contributed by atoms with Crippen LogP contribution < -0.4 is 10.1 Å². The Kier molecular flexibility index (Phi) is 6.04. The lowest BCUT2D eigenvalue weighted by Gasteiger charge is -2.17. The van der Waals surface area contributed by atoms with Gasteiger partial charge in [0.2, 0.25) is 0 Å². The van der Waals surface area contributed by atoms with Crippen molar-refractivity contribution in [1.82, 2.24) is 19.9 Å². The molecule has 0 spiro atoms. The van der Waals surface area contributed by atoms with E-state index in [1.807, 2.05) is 12.1 Å². The molecule has 0 unspecified atom stereocenters. The van der Waals surface area contributed by atoms with E-state index in [1.54, 1.807) is 37.5 Å². The van der Waals surface area contributed by atoms with E-state index >= 15 is 0 Å². The van der Waals surface area contributed by atoms with Crippen LogP contribution in [0.25, 0.3) is 5.52 Å². The van der Waals surface area contributed by atoms with E-state index in [1.165, 1.54) is 10.6 Å². The molecule has 0 radical (unpaired) electrons. The Morgan fingerprint density at radius 2 is 2.00 bits per heavy atom. The third kappa shape index (κ3) is 4.82. The van der Waals surface area contributed by atoms with Crippen LogP contribution in [0.5, 0.6) is 5.75 Å². The van der Waals surface area contributed by atoms with Crippen LogP contribution in [0.2, 0.25) is 0 Å². The van der Waals surface area contributed by atoms with Gasteiger partial charge in [-0.25, -0.2) is 17.7 Å². The Morgan fingerprint density at radius 3 is 2.73 bits per heavy atom. The van der Waals surface area contributed by atoms with Crippen molar-refractivity contribution in [3.8, 4) is 5.75 Å². The number of nitrogens with zero attached hydrogens (tertiary/aromatic N) is 3. The van der Waals surface area contributed by atoms with Crippen LogP contribution >= 0.6 is 0 Å².